The summed E-state index contributed by atoms with van der Waals surface area (Å²) in [4.78, 5) is 27.5. The summed E-state index contributed by atoms with van der Waals surface area (Å²) >= 11 is 5.43. The van der Waals surface area contributed by atoms with E-state index < -0.39 is 5.82 Å². The predicted molar refractivity (Wildman–Crippen MR) is 142 cm³/mol. The first-order chi connectivity index (χ1) is 17.0. The SMILES string of the molecule is COC(=O)CS.COc1ccc(OC(C)C)cc1F.Cc1cc2ccc(OC(C)C)cc2s1.O=C=O. The zero-order valence-electron chi connectivity index (χ0n) is 21.5. The molecule has 0 aliphatic heterocycles. The van der Waals surface area contributed by atoms with Crippen molar-refractivity contribution in [1.82, 2.24) is 0 Å². The van der Waals surface area contributed by atoms with Crippen molar-refractivity contribution in [3.63, 3.8) is 0 Å². The first kappa shape index (κ1) is 32.9. The van der Waals surface area contributed by atoms with Crippen molar-refractivity contribution < 1.29 is 37.7 Å². The molecule has 0 N–H and O–H groups in total. The summed E-state index contributed by atoms with van der Waals surface area (Å²) in [6.45, 7) is 10.0. The van der Waals surface area contributed by atoms with E-state index in [9.17, 15) is 9.18 Å². The van der Waals surface area contributed by atoms with Gasteiger partial charge in [0.05, 0.1) is 32.2 Å². The molecule has 0 saturated carbocycles. The average molecular weight is 541 g/mol. The smallest absolute Gasteiger partial charge is 0.373 e. The second kappa shape index (κ2) is 18.2. The Labute approximate surface area is 220 Å². The summed E-state index contributed by atoms with van der Waals surface area (Å²) < 4.78 is 34.3. The Hall–Kier alpha value is -3.07. The second-order valence-electron chi connectivity index (χ2n) is 7.50. The molecular weight excluding hydrogens is 507 g/mol. The largest absolute Gasteiger partial charge is 0.494 e. The van der Waals surface area contributed by atoms with E-state index in [1.165, 1.54) is 35.2 Å². The van der Waals surface area contributed by atoms with Crippen LogP contribution >= 0.6 is 24.0 Å². The van der Waals surface area contributed by atoms with Crippen LogP contribution in [0.15, 0.2) is 42.5 Å². The van der Waals surface area contributed by atoms with Crippen LogP contribution in [0, 0.1) is 12.7 Å². The molecule has 0 spiro atoms. The highest BCUT2D eigenvalue weighted by molar-refractivity contribution is 7.81. The van der Waals surface area contributed by atoms with Crippen molar-refractivity contribution in [1.29, 1.82) is 0 Å². The molecule has 198 valence electrons. The van der Waals surface area contributed by atoms with Gasteiger partial charge in [0.2, 0.25) is 0 Å². The Morgan fingerprint density at radius 3 is 1.92 bits per heavy atom. The number of carbonyl (C=O) groups is 1. The van der Waals surface area contributed by atoms with Crippen LogP contribution in [0.25, 0.3) is 10.1 Å². The molecule has 0 radical (unpaired) electrons. The van der Waals surface area contributed by atoms with E-state index in [1.54, 1.807) is 12.1 Å². The van der Waals surface area contributed by atoms with E-state index in [-0.39, 0.29) is 35.8 Å². The number of fused-ring (bicyclic) bond motifs is 1. The molecule has 3 aromatic rings. The van der Waals surface area contributed by atoms with Crippen molar-refractivity contribution in [2.24, 2.45) is 0 Å². The highest BCUT2D eigenvalue weighted by Gasteiger charge is 2.05. The molecule has 0 aliphatic carbocycles. The number of hydrogen-bond acceptors (Lipinski definition) is 9. The van der Waals surface area contributed by atoms with Crippen LogP contribution in [0.2, 0.25) is 0 Å². The molecule has 10 heteroatoms. The van der Waals surface area contributed by atoms with Crippen molar-refractivity contribution in [2.45, 2.75) is 46.8 Å². The Bertz CT molecular complexity index is 1090. The summed E-state index contributed by atoms with van der Waals surface area (Å²) in [7, 11) is 2.76. The summed E-state index contributed by atoms with van der Waals surface area (Å²) in [5.41, 5.74) is 0. The predicted octanol–water partition coefficient (Wildman–Crippen LogP) is 6.12. The molecule has 36 heavy (non-hydrogen) atoms. The minimum absolute atomic E-state index is 0.0489. The van der Waals surface area contributed by atoms with E-state index in [2.05, 4.69) is 42.5 Å². The third-order valence-electron chi connectivity index (χ3n) is 3.84. The number of benzene rings is 2. The third-order valence-corrected chi connectivity index (χ3v) is 5.11. The summed E-state index contributed by atoms with van der Waals surface area (Å²) in [6, 6.07) is 13.0. The maximum Gasteiger partial charge on any atom is 0.373 e. The number of methoxy groups -OCH3 is 2. The van der Waals surface area contributed by atoms with Gasteiger partial charge in [-0.25, -0.2) is 4.39 Å². The molecule has 3 rings (SSSR count). The third kappa shape index (κ3) is 13.7. The molecule has 1 aromatic heterocycles. The van der Waals surface area contributed by atoms with Gasteiger partial charge in [-0.1, -0.05) is 0 Å². The normalized spacial score (nSPS) is 9.53. The van der Waals surface area contributed by atoms with Crippen LogP contribution in [0.5, 0.6) is 17.2 Å². The molecule has 7 nitrogen and oxygen atoms in total. The van der Waals surface area contributed by atoms with Crippen LogP contribution in [-0.2, 0) is 19.1 Å². The summed E-state index contributed by atoms with van der Waals surface area (Å²) in [5, 5.41) is 1.31. The highest BCUT2D eigenvalue weighted by Crippen LogP contribution is 2.29. The number of carbonyl (C=O) groups excluding carboxylic acids is 3. The van der Waals surface area contributed by atoms with Crippen molar-refractivity contribution >= 4 is 46.2 Å². The molecule has 0 bridgehead atoms. The van der Waals surface area contributed by atoms with E-state index in [1.807, 2.05) is 45.1 Å². The molecule has 1 heterocycles. The van der Waals surface area contributed by atoms with Crippen molar-refractivity contribution in [3.05, 3.63) is 53.2 Å². The minimum Gasteiger partial charge on any atom is -0.494 e. The number of thiophene rings is 1. The molecule has 2 aromatic carbocycles. The van der Waals surface area contributed by atoms with Crippen LogP contribution in [0.4, 0.5) is 4.39 Å². The molecule has 0 atom stereocenters. The Balaban J connectivity index is 0.000000516. The van der Waals surface area contributed by atoms with Gasteiger partial charge in [-0.3, -0.25) is 4.79 Å². The van der Waals surface area contributed by atoms with E-state index in [4.69, 9.17) is 23.8 Å². The lowest BCUT2D eigenvalue weighted by Gasteiger charge is -2.10. The van der Waals surface area contributed by atoms with Gasteiger partial charge in [-0.05, 0) is 76.4 Å². The molecule has 0 aliphatic rings. The van der Waals surface area contributed by atoms with Crippen molar-refractivity contribution in [3.8, 4) is 17.2 Å². The standard InChI is InChI=1S/C12H14OS.C10H13FO2.C3H6O2S.CO2/c1-8(2)13-11-5-4-10-6-9(3)14-12(10)7-11;1-7(2)13-8-4-5-10(12-3)9(11)6-8;1-5-3(4)2-6;2-1-3/h4-8H,1-3H3;4-7H,1-3H3;6H,2H2,1H3;. The van der Waals surface area contributed by atoms with Crippen LogP contribution < -0.4 is 14.2 Å². The number of esters is 1. The fourth-order valence-corrected chi connectivity index (χ4v) is 3.63. The minimum atomic E-state index is -0.402. The zero-order chi connectivity index (χ0) is 27.7. The molecule has 0 saturated heterocycles. The maximum absolute atomic E-state index is 13.1. The Kier molecular flexibility index (Phi) is 16.7. The monoisotopic (exact) mass is 540 g/mol. The fourth-order valence-electron chi connectivity index (χ4n) is 2.55. The van der Waals surface area contributed by atoms with E-state index >= 15 is 0 Å². The van der Waals surface area contributed by atoms with Gasteiger partial charge >= 0.3 is 12.1 Å². The second-order valence-corrected chi connectivity index (χ2v) is 9.11. The number of ether oxygens (including phenoxy) is 4. The highest BCUT2D eigenvalue weighted by atomic mass is 32.1. The topological polar surface area (TPSA) is 88.1 Å². The first-order valence-corrected chi connectivity index (χ1v) is 12.3. The van der Waals surface area contributed by atoms with Gasteiger partial charge in [0.1, 0.15) is 11.5 Å². The lowest BCUT2D eigenvalue weighted by molar-refractivity contribution is -0.191. The van der Waals surface area contributed by atoms with Crippen molar-refractivity contribution in [2.75, 3.05) is 20.0 Å². The van der Waals surface area contributed by atoms with Crippen LogP contribution in [0.3, 0.4) is 0 Å². The van der Waals surface area contributed by atoms with Gasteiger partial charge in [-0.15, -0.1) is 11.3 Å². The lowest BCUT2D eigenvalue weighted by atomic mass is 10.2. The number of thiol groups is 1. The molecular formula is C26H33FO7S2. The van der Waals surface area contributed by atoms with Gasteiger partial charge in [0, 0.05) is 15.6 Å². The Morgan fingerprint density at radius 2 is 1.50 bits per heavy atom. The van der Waals surface area contributed by atoms with E-state index in [0.717, 1.165) is 5.75 Å². The first-order valence-electron chi connectivity index (χ1n) is 10.8. The fraction of sp³-hybridized carbons (Fsp3) is 0.385. The molecule has 0 fully saturated rings. The van der Waals surface area contributed by atoms with Crippen LogP contribution in [-0.4, -0.2) is 44.3 Å². The van der Waals surface area contributed by atoms with Gasteiger partial charge in [0.25, 0.3) is 0 Å². The quantitative estimate of drug-likeness (QED) is 0.297. The van der Waals surface area contributed by atoms with Gasteiger partial charge < -0.3 is 18.9 Å². The lowest BCUT2D eigenvalue weighted by Crippen LogP contribution is -2.05. The number of aryl methyl sites for hydroxylation is 1. The van der Waals surface area contributed by atoms with Gasteiger partial charge in [0.15, 0.2) is 11.6 Å². The summed E-state index contributed by atoms with van der Waals surface area (Å²) in [6.07, 6.45) is 0.543. The zero-order valence-corrected chi connectivity index (χ0v) is 23.2. The maximum atomic E-state index is 13.1. The molecule has 0 unspecified atom stereocenters. The number of halogens is 1. The summed E-state index contributed by atoms with van der Waals surface area (Å²) in [5.74, 6) is 1.19. The number of hydrogen-bond donors (Lipinski definition) is 1. The Morgan fingerprint density at radius 1 is 0.972 bits per heavy atom. The van der Waals surface area contributed by atoms with Crippen LogP contribution in [0.1, 0.15) is 32.6 Å². The van der Waals surface area contributed by atoms with E-state index in [0.29, 0.717) is 5.75 Å². The van der Waals surface area contributed by atoms with Gasteiger partial charge in [-0.2, -0.15) is 22.2 Å². The molecule has 0 amide bonds. The average Bonchev–Trinajstić information content (AvgIpc) is 3.18. The number of rotatable bonds is 6.